The lowest BCUT2D eigenvalue weighted by Gasteiger charge is -2.09. The monoisotopic (exact) mass is 354 g/mol. The van der Waals surface area contributed by atoms with Crippen LogP contribution in [0, 0.1) is 10.1 Å². The second kappa shape index (κ2) is 7.38. The molecule has 0 atom stereocenters. The number of ether oxygens (including phenoxy) is 1. The van der Waals surface area contributed by atoms with Crippen molar-refractivity contribution >= 4 is 23.2 Å². The molecule has 0 aliphatic carbocycles. The molecule has 0 fully saturated rings. The topological polar surface area (TPSA) is 125 Å². The Hall–Kier alpha value is -3.82. The molecular weight excluding hydrogens is 340 g/mol. The molecule has 1 aromatic carbocycles. The molecule has 1 N–H and O–H groups in total. The first-order valence-corrected chi connectivity index (χ1v) is 7.52. The minimum absolute atomic E-state index is 0.0794. The van der Waals surface area contributed by atoms with E-state index < -0.39 is 4.92 Å². The maximum Gasteiger partial charge on any atom is 0.311 e. The highest BCUT2D eigenvalue weighted by atomic mass is 16.6. The van der Waals surface area contributed by atoms with Crippen molar-refractivity contribution in [3.05, 3.63) is 64.7 Å². The molecule has 3 aromatic rings. The molecule has 2 aromatic heterocycles. The molecule has 132 valence electrons. The standard InChI is InChI=1S/C16H14N6O4/c1-11(23)26-8-12-2-4-13(5-3-12)19-16-14(22(24)25)6-7-15(20-16)21-10-17-9-18-21/h2-7,9-10H,8H2,1H3,(H,19,20). The number of hydrogen-bond donors (Lipinski definition) is 1. The molecule has 0 unspecified atom stereocenters. The Labute approximate surface area is 147 Å². The predicted molar refractivity (Wildman–Crippen MR) is 91.0 cm³/mol. The molecule has 0 spiro atoms. The van der Waals surface area contributed by atoms with Gasteiger partial charge in [-0.05, 0) is 23.8 Å². The number of nitrogens with zero attached hydrogens (tertiary/aromatic N) is 5. The van der Waals surface area contributed by atoms with Crippen molar-refractivity contribution in [2.75, 3.05) is 5.32 Å². The number of carbonyl (C=O) groups excluding carboxylic acids is 1. The zero-order valence-corrected chi connectivity index (χ0v) is 13.7. The number of aromatic nitrogens is 4. The fraction of sp³-hybridized carbons (Fsp3) is 0.125. The Bertz CT molecular complexity index is 924. The van der Waals surface area contributed by atoms with Crippen molar-refractivity contribution < 1.29 is 14.5 Å². The van der Waals surface area contributed by atoms with E-state index in [2.05, 4.69) is 20.4 Å². The maximum absolute atomic E-state index is 11.3. The van der Waals surface area contributed by atoms with Crippen LogP contribution >= 0.6 is 0 Å². The molecule has 0 amide bonds. The van der Waals surface area contributed by atoms with Crippen LogP contribution in [-0.4, -0.2) is 30.6 Å². The predicted octanol–water partition coefficient (Wildman–Crippen LogP) is 2.38. The number of nitrogens with one attached hydrogen (secondary N) is 1. The van der Waals surface area contributed by atoms with Gasteiger partial charge < -0.3 is 10.1 Å². The lowest BCUT2D eigenvalue weighted by molar-refractivity contribution is -0.384. The molecule has 0 saturated carbocycles. The number of carbonyl (C=O) groups is 1. The van der Waals surface area contributed by atoms with Gasteiger partial charge in [0.05, 0.1) is 4.92 Å². The summed E-state index contributed by atoms with van der Waals surface area (Å²) >= 11 is 0. The lowest BCUT2D eigenvalue weighted by atomic mass is 10.2. The van der Waals surface area contributed by atoms with Crippen LogP contribution in [0.5, 0.6) is 0 Å². The van der Waals surface area contributed by atoms with Crippen molar-refractivity contribution in [3.8, 4) is 5.82 Å². The van der Waals surface area contributed by atoms with Crippen LogP contribution in [0.1, 0.15) is 12.5 Å². The molecular formula is C16H14N6O4. The van der Waals surface area contributed by atoms with E-state index in [1.54, 1.807) is 24.3 Å². The van der Waals surface area contributed by atoms with E-state index in [1.807, 2.05) is 0 Å². The van der Waals surface area contributed by atoms with Crippen molar-refractivity contribution in [3.63, 3.8) is 0 Å². The Balaban J connectivity index is 1.84. The van der Waals surface area contributed by atoms with Crippen LogP contribution in [0.2, 0.25) is 0 Å². The van der Waals surface area contributed by atoms with E-state index in [0.717, 1.165) is 5.56 Å². The van der Waals surface area contributed by atoms with Gasteiger partial charge in [-0.15, -0.1) is 0 Å². The van der Waals surface area contributed by atoms with Gasteiger partial charge in [0, 0.05) is 18.7 Å². The molecule has 0 radical (unpaired) electrons. The normalized spacial score (nSPS) is 10.3. The zero-order chi connectivity index (χ0) is 18.5. The van der Waals surface area contributed by atoms with Crippen LogP contribution in [0.4, 0.5) is 17.2 Å². The number of anilines is 2. The van der Waals surface area contributed by atoms with E-state index in [4.69, 9.17) is 4.74 Å². The maximum atomic E-state index is 11.3. The van der Waals surface area contributed by atoms with Crippen molar-refractivity contribution in [1.82, 2.24) is 19.7 Å². The number of pyridine rings is 1. The molecule has 0 aliphatic rings. The van der Waals surface area contributed by atoms with E-state index in [1.165, 1.54) is 36.4 Å². The third-order valence-corrected chi connectivity index (χ3v) is 3.37. The molecule has 2 heterocycles. The number of benzene rings is 1. The van der Waals surface area contributed by atoms with Crippen molar-refractivity contribution in [2.24, 2.45) is 0 Å². The summed E-state index contributed by atoms with van der Waals surface area (Å²) in [5.41, 5.74) is 1.23. The molecule has 0 aliphatic heterocycles. The Morgan fingerprint density at radius 1 is 1.27 bits per heavy atom. The van der Waals surface area contributed by atoms with Crippen LogP contribution in [0.15, 0.2) is 49.1 Å². The average molecular weight is 354 g/mol. The molecule has 0 bridgehead atoms. The quantitative estimate of drug-likeness (QED) is 0.406. The highest BCUT2D eigenvalue weighted by Gasteiger charge is 2.17. The van der Waals surface area contributed by atoms with Gasteiger partial charge in [0.25, 0.3) is 0 Å². The van der Waals surface area contributed by atoms with Gasteiger partial charge in [-0.25, -0.2) is 14.6 Å². The molecule has 10 nitrogen and oxygen atoms in total. The summed E-state index contributed by atoms with van der Waals surface area (Å²) in [6.45, 7) is 1.50. The van der Waals surface area contributed by atoms with Crippen LogP contribution in [0.3, 0.4) is 0 Å². The fourth-order valence-corrected chi connectivity index (χ4v) is 2.14. The minimum atomic E-state index is -0.518. The summed E-state index contributed by atoms with van der Waals surface area (Å²) in [7, 11) is 0. The number of esters is 1. The van der Waals surface area contributed by atoms with Gasteiger partial charge in [-0.3, -0.25) is 14.9 Å². The van der Waals surface area contributed by atoms with Crippen LogP contribution in [0.25, 0.3) is 5.82 Å². The SMILES string of the molecule is CC(=O)OCc1ccc(Nc2nc(-n3cncn3)ccc2[N+](=O)[O-])cc1. The van der Waals surface area contributed by atoms with Gasteiger partial charge in [0.1, 0.15) is 19.3 Å². The average Bonchev–Trinajstić information content (AvgIpc) is 3.15. The van der Waals surface area contributed by atoms with Gasteiger partial charge >= 0.3 is 11.7 Å². The molecule has 10 heteroatoms. The fourth-order valence-electron chi connectivity index (χ4n) is 2.14. The minimum Gasteiger partial charge on any atom is -0.461 e. The second-order valence-corrected chi connectivity index (χ2v) is 5.24. The van der Waals surface area contributed by atoms with Gasteiger partial charge in [0.2, 0.25) is 5.82 Å². The van der Waals surface area contributed by atoms with Gasteiger partial charge in [0.15, 0.2) is 5.82 Å². The summed E-state index contributed by atoms with van der Waals surface area (Å²) in [4.78, 5) is 29.7. The molecule has 0 saturated heterocycles. The summed E-state index contributed by atoms with van der Waals surface area (Å²) in [6.07, 6.45) is 2.79. The van der Waals surface area contributed by atoms with Crippen molar-refractivity contribution in [2.45, 2.75) is 13.5 Å². The van der Waals surface area contributed by atoms with E-state index >= 15 is 0 Å². The number of nitro groups is 1. The Kier molecular flexibility index (Phi) is 4.83. The first-order chi connectivity index (χ1) is 12.5. The highest BCUT2D eigenvalue weighted by Crippen LogP contribution is 2.26. The third-order valence-electron chi connectivity index (χ3n) is 3.37. The largest absolute Gasteiger partial charge is 0.461 e. The van der Waals surface area contributed by atoms with Crippen molar-refractivity contribution in [1.29, 1.82) is 0 Å². The number of hydrogen-bond acceptors (Lipinski definition) is 8. The smallest absolute Gasteiger partial charge is 0.311 e. The highest BCUT2D eigenvalue weighted by molar-refractivity contribution is 5.67. The molecule has 3 rings (SSSR count). The second-order valence-electron chi connectivity index (χ2n) is 5.24. The summed E-state index contributed by atoms with van der Waals surface area (Å²) in [6, 6.07) is 9.76. The summed E-state index contributed by atoms with van der Waals surface area (Å²) < 4.78 is 6.32. The Morgan fingerprint density at radius 2 is 2.04 bits per heavy atom. The van der Waals surface area contributed by atoms with Gasteiger partial charge in [-0.1, -0.05) is 12.1 Å². The number of rotatable bonds is 6. The summed E-state index contributed by atoms with van der Waals surface area (Å²) in [5, 5.41) is 18.1. The van der Waals surface area contributed by atoms with E-state index in [0.29, 0.717) is 11.5 Å². The van der Waals surface area contributed by atoms with Gasteiger partial charge in [-0.2, -0.15) is 5.10 Å². The lowest BCUT2D eigenvalue weighted by Crippen LogP contribution is -2.05. The zero-order valence-electron chi connectivity index (χ0n) is 13.7. The van der Waals surface area contributed by atoms with Crippen LogP contribution < -0.4 is 5.32 Å². The first kappa shape index (κ1) is 17.0. The summed E-state index contributed by atoms with van der Waals surface area (Å²) in [5.74, 6) is 0.106. The Morgan fingerprint density at radius 3 is 2.65 bits per heavy atom. The van der Waals surface area contributed by atoms with E-state index in [9.17, 15) is 14.9 Å². The third kappa shape index (κ3) is 3.98. The molecule has 26 heavy (non-hydrogen) atoms. The van der Waals surface area contributed by atoms with E-state index in [-0.39, 0.29) is 24.1 Å². The van der Waals surface area contributed by atoms with Crippen LogP contribution in [-0.2, 0) is 16.1 Å². The first-order valence-electron chi connectivity index (χ1n) is 7.52.